The van der Waals surface area contributed by atoms with Crippen molar-refractivity contribution in [3.8, 4) is 11.1 Å². The molecule has 1 aromatic heterocycles. The molecular formula is C49H48O. The van der Waals surface area contributed by atoms with E-state index in [0.717, 1.165) is 77.6 Å². The smallest absolute Gasteiger partial charge is 0.135 e. The van der Waals surface area contributed by atoms with Crippen molar-refractivity contribution in [1.29, 1.82) is 0 Å². The first-order valence-corrected chi connectivity index (χ1v) is 17.4. The van der Waals surface area contributed by atoms with E-state index in [0.29, 0.717) is 0 Å². The van der Waals surface area contributed by atoms with Crippen molar-refractivity contribution < 1.29 is 4.42 Å². The Morgan fingerprint density at radius 1 is 0.540 bits per heavy atom. The predicted molar refractivity (Wildman–Crippen MR) is 222 cm³/mol. The van der Waals surface area contributed by atoms with Gasteiger partial charge in [0.05, 0.1) is 0 Å². The Hall–Kier alpha value is -5.66. The fraction of sp³-hybridized carbons (Fsp3) is 0.143. The molecule has 0 bridgehead atoms. The van der Waals surface area contributed by atoms with Gasteiger partial charge in [0, 0.05) is 10.8 Å². The summed E-state index contributed by atoms with van der Waals surface area (Å²) in [6.45, 7) is 27.8. The van der Waals surface area contributed by atoms with Gasteiger partial charge in [-0.15, -0.1) is 0 Å². The molecule has 1 nitrogen and oxygen atoms in total. The van der Waals surface area contributed by atoms with Gasteiger partial charge in [-0.05, 0) is 149 Å². The van der Waals surface area contributed by atoms with Gasteiger partial charge in [0.1, 0.15) is 11.2 Å². The van der Waals surface area contributed by atoms with Gasteiger partial charge in [-0.2, -0.15) is 0 Å². The lowest BCUT2D eigenvalue weighted by Crippen LogP contribution is -1.91. The summed E-state index contributed by atoms with van der Waals surface area (Å²) in [5.41, 5.74) is 17.6. The maximum atomic E-state index is 6.06. The van der Waals surface area contributed by atoms with Gasteiger partial charge < -0.3 is 4.42 Å². The number of benzene rings is 5. The summed E-state index contributed by atoms with van der Waals surface area (Å²) in [7, 11) is 0. The second-order valence-electron chi connectivity index (χ2n) is 12.7. The predicted octanol–water partition coefficient (Wildman–Crippen LogP) is 14.7. The van der Waals surface area contributed by atoms with Crippen LogP contribution in [-0.2, 0) is 0 Å². The van der Waals surface area contributed by atoms with E-state index in [1.165, 1.54) is 22.3 Å². The van der Waals surface area contributed by atoms with Crippen LogP contribution < -0.4 is 0 Å². The fourth-order valence-corrected chi connectivity index (χ4v) is 6.41. The standard InChI is InChI=1S/C47H42O.C2H6/c1-9-13-30(2)39-20-18-31(3)43(27-39)35(7)24-33(5)37-14-12-15-38(26-37)34(6)25-36(8)44-28-40(21-19-32(44)4)41-22-23-47-45(29-41)42-16-10-11-17-46(42)48-47;1-2/h9-29H,2,5,8H2,1,3-4,6-7H3;1-2H3/b13-9-,34-25+,35-24+;. The summed E-state index contributed by atoms with van der Waals surface area (Å²) < 4.78 is 6.06. The number of aryl methyl sites for hydroxylation is 2. The van der Waals surface area contributed by atoms with Crippen molar-refractivity contribution in [2.75, 3.05) is 0 Å². The molecule has 0 amide bonds. The first-order valence-electron chi connectivity index (χ1n) is 17.4. The summed E-state index contributed by atoms with van der Waals surface area (Å²) in [5, 5.41) is 2.26. The zero-order valence-corrected chi connectivity index (χ0v) is 30.7. The minimum absolute atomic E-state index is 0.904. The van der Waals surface area contributed by atoms with Crippen LogP contribution in [0.25, 0.3) is 60.9 Å². The van der Waals surface area contributed by atoms with Gasteiger partial charge in [-0.1, -0.05) is 125 Å². The van der Waals surface area contributed by atoms with E-state index in [4.69, 9.17) is 4.42 Å². The van der Waals surface area contributed by atoms with Gasteiger partial charge in [0.2, 0.25) is 0 Å². The molecule has 250 valence electrons. The van der Waals surface area contributed by atoms with Crippen LogP contribution in [0, 0.1) is 13.8 Å². The van der Waals surface area contributed by atoms with Crippen LogP contribution in [0.4, 0.5) is 0 Å². The van der Waals surface area contributed by atoms with E-state index in [2.05, 4.69) is 151 Å². The normalized spacial score (nSPS) is 11.9. The van der Waals surface area contributed by atoms with E-state index in [9.17, 15) is 0 Å². The monoisotopic (exact) mass is 652 g/mol. The highest BCUT2D eigenvalue weighted by atomic mass is 16.3. The van der Waals surface area contributed by atoms with Crippen molar-refractivity contribution in [3.05, 3.63) is 186 Å². The average molecular weight is 653 g/mol. The molecular weight excluding hydrogens is 605 g/mol. The second kappa shape index (κ2) is 15.7. The second-order valence-corrected chi connectivity index (χ2v) is 12.7. The van der Waals surface area contributed by atoms with Crippen LogP contribution in [0.5, 0.6) is 0 Å². The topological polar surface area (TPSA) is 13.1 Å². The van der Waals surface area contributed by atoms with Gasteiger partial charge in [-0.25, -0.2) is 0 Å². The van der Waals surface area contributed by atoms with Crippen LogP contribution in [0.2, 0.25) is 0 Å². The molecule has 0 radical (unpaired) electrons. The molecule has 0 fully saturated rings. The van der Waals surface area contributed by atoms with E-state index in [1.807, 2.05) is 45.1 Å². The SMILES string of the molecule is C=C(/C=C\C)c1ccc(C)c(/C(C)=C/C(=C)c2cccc(/C(C)=C/C(=C)c3cc(-c4ccc5oc6ccccc6c5c4)ccc3C)c2)c1.CC. The van der Waals surface area contributed by atoms with Crippen LogP contribution in [0.15, 0.2) is 152 Å². The Morgan fingerprint density at radius 2 is 1.16 bits per heavy atom. The summed E-state index contributed by atoms with van der Waals surface area (Å²) >= 11 is 0. The largest absolute Gasteiger partial charge is 0.456 e. The molecule has 0 N–H and O–H groups in total. The zero-order valence-electron chi connectivity index (χ0n) is 30.7. The number of furan rings is 1. The molecule has 0 atom stereocenters. The third-order valence-electron chi connectivity index (χ3n) is 9.16. The van der Waals surface area contributed by atoms with Crippen molar-refractivity contribution >= 4 is 49.8 Å². The number of hydrogen-bond acceptors (Lipinski definition) is 1. The fourth-order valence-electron chi connectivity index (χ4n) is 6.41. The van der Waals surface area contributed by atoms with Gasteiger partial charge in [0.15, 0.2) is 0 Å². The maximum Gasteiger partial charge on any atom is 0.135 e. The van der Waals surface area contributed by atoms with Gasteiger partial charge in [0.25, 0.3) is 0 Å². The van der Waals surface area contributed by atoms with Crippen molar-refractivity contribution in [1.82, 2.24) is 0 Å². The molecule has 6 aromatic rings. The number of para-hydroxylation sites is 1. The first-order chi connectivity index (χ1) is 24.1. The molecule has 0 aliphatic rings. The quantitative estimate of drug-likeness (QED) is 0.142. The van der Waals surface area contributed by atoms with Crippen molar-refractivity contribution in [3.63, 3.8) is 0 Å². The van der Waals surface area contributed by atoms with Crippen LogP contribution >= 0.6 is 0 Å². The maximum absolute atomic E-state index is 6.06. The molecule has 0 aliphatic carbocycles. The average Bonchev–Trinajstić information content (AvgIpc) is 3.51. The number of rotatable bonds is 9. The Bertz CT molecular complexity index is 2330. The van der Waals surface area contributed by atoms with Gasteiger partial charge >= 0.3 is 0 Å². The minimum atomic E-state index is 0.904. The zero-order chi connectivity index (χ0) is 35.9. The summed E-state index contributed by atoms with van der Waals surface area (Å²) in [5.74, 6) is 0. The summed E-state index contributed by atoms with van der Waals surface area (Å²) in [6.07, 6.45) is 8.44. The third-order valence-corrected chi connectivity index (χ3v) is 9.16. The van der Waals surface area contributed by atoms with E-state index < -0.39 is 0 Å². The minimum Gasteiger partial charge on any atom is -0.456 e. The highest BCUT2D eigenvalue weighted by molar-refractivity contribution is 6.06. The van der Waals surface area contributed by atoms with Crippen molar-refractivity contribution in [2.45, 2.75) is 48.5 Å². The Labute approximate surface area is 299 Å². The molecule has 0 saturated heterocycles. The van der Waals surface area contributed by atoms with Crippen molar-refractivity contribution in [2.24, 2.45) is 0 Å². The van der Waals surface area contributed by atoms with E-state index >= 15 is 0 Å². The molecule has 50 heavy (non-hydrogen) atoms. The lowest BCUT2D eigenvalue weighted by Gasteiger charge is -2.13. The first kappa shape index (κ1) is 35.6. The molecule has 5 aromatic carbocycles. The summed E-state index contributed by atoms with van der Waals surface area (Å²) in [4.78, 5) is 0. The molecule has 0 spiro atoms. The lowest BCUT2D eigenvalue weighted by molar-refractivity contribution is 0.669. The van der Waals surface area contributed by atoms with E-state index in [1.54, 1.807) is 0 Å². The van der Waals surface area contributed by atoms with Crippen LogP contribution in [0.3, 0.4) is 0 Å². The van der Waals surface area contributed by atoms with E-state index in [-0.39, 0.29) is 0 Å². The number of fused-ring (bicyclic) bond motifs is 3. The van der Waals surface area contributed by atoms with Crippen LogP contribution in [-0.4, -0.2) is 0 Å². The number of hydrogen-bond donors (Lipinski definition) is 0. The Kier molecular flexibility index (Phi) is 11.2. The van der Waals surface area contributed by atoms with Crippen LogP contribution in [0.1, 0.15) is 73.6 Å². The molecule has 1 heterocycles. The third kappa shape index (κ3) is 7.64. The Morgan fingerprint density at radius 3 is 1.94 bits per heavy atom. The molecule has 0 saturated carbocycles. The summed E-state index contributed by atoms with van der Waals surface area (Å²) in [6, 6.07) is 36.4. The molecule has 0 unspecified atom stereocenters. The highest BCUT2D eigenvalue weighted by Gasteiger charge is 2.11. The molecule has 6 rings (SSSR count). The van der Waals surface area contributed by atoms with Gasteiger partial charge in [-0.3, -0.25) is 0 Å². The molecule has 1 heteroatoms. The molecule has 0 aliphatic heterocycles. The number of allylic oxidation sites excluding steroid dienone is 9. The Balaban J connectivity index is 0.00000239. The highest BCUT2D eigenvalue weighted by Crippen LogP contribution is 2.35. The lowest BCUT2D eigenvalue weighted by atomic mass is 9.92.